The molecule has 4 nitrogen and oxygen atoms in total. The van der Waals surface area contributed by atoms with E-state index in [1.807, 2.05) is 12.1 Å². The van der Waals surface area contributed by atoms with Gasteiger partial charge in [0.2, 0.25) is 0 Å². The van der Waals surface area contributed by atoms with Gasteiger partial charge in [-0.05, 0) is 28.1 Å². The van der Waals surface area contributed by atoms with Gasteiger partial charge in [0.15, 0.2) is 12.4 Å². The summed E-state index contributed by atoms with van der Waals surface area (Å²) >= 11 is 4.79. The maximum Gasteiger partial charge on any atom is 0.335 e. The van der Waals surface area contributed by atoms with Gasteiger partial charge in [-0.2, -0.15) is 0 Å². The summed E-state index contributed by atoms with van der Waals surface area (Å²) < 4.78 is 11.4. The van der Waals surface area contributed by atoms with Gasteiger partial charge >= 0.3 is 5.97 Å². The Hall–Kier alpha value is -0.430. The predicted molar refractivity (Wildman–Crippen MR) is 53.2 cm³/mol. The minimum Gasteiger partial charge on any atom is -0.479 e. The summed E-state index contributed by atoms with van der Waals surface area (Å²) in [7, 11) is 0. The Morgan fingerprint density at radius 2 is 2.43 bits per heavy atom. The summed E-state index contributed by atoms with van der Waals surface area (Å²) in [5.74, 6) is -0.983. The van der Waals surface area contributed by atoms with Crippen molar-refractivity contribution in [3.63, 3.8) is 0 Å². The number of ether oxygens (including phenoxy) is 2. The van der Waals surface area contributed by atoms with E-state index in [4.69, 9.17) is 14.6 Å². The first-order chi connectivity index (χ1) is 6.66. The molecule has 0 saturated carbocycles. The van der Waals surface area contributed by atoms with Crippen LogP contribution in [0.1, 0.15) is 11.2 Å². The maximum absolute atomic E-state index is 10.6. The zero-order chi connectivity index (χ0) is 10.1. The predicted octanol–water partition coefficient (Wildman–Crippen LogP) is 2.01. The first-order valence-electron chi connectivity index (χ1n) is 3.92. The molecule has 0 aromatic carbocycles. The van der Waals surface area contributed by atoms with E-state index in [9.17, 15) is 4.79 Å². The molecule has 2 heterocycles. The van der Waals surface area contributed by atoms with Gasteiger partial charge in [-0.15, -0.1) is 11.3 Å². The second-order valence-corrected chi connectivity index (χ2v) is 5.26. The van der Waals surface area contributed by atoms with Crippen LogP contribution >= 0.6 is 27.3 Å². The highest BCUT2D eigenvalue weighted by Gasteiger charge is 2.32. The number of aliphatic carboxylic acids is 1. The van der Waals surface area contributed by atoms with Crippen LogP contribution in [0, 0.1) is 0 Å². The van der Waals surface area contributed by atoms with Crippen LogP contribution in [0.5, 0.6) is 0 Å². The lowest BCUT2D eigenvalue weighted by Gasteiger charge is -2.06. The molecule has 1 aliphatic heterocycles. The van der Waals surface area contributed by atoms with Gasteiger partial charge in [-0.25, -0.2) is 4.79 Å². The van der Waals surface area contributed by atoms with Crippen molar-refractivity contribution >= 4 is 33.2 Å². The molecule has 0 radical (unpaired) electrons. The third-order valence-corrected chi connectivity index (χ3v) is 3.43. The third-order valence-electron chi connectivity index (χ3n) is 1.79. The number of carboxylic acid groups (broad SMARTS) is 1. The number of rotatable bonds is 2. The monoisotopic (exact) mass is 278 g/mol. The van der Waals surface area contributed by atoms with Gasteiger partial charge in [0.1, 0.15) is 0 Å². The van der Waals surface area contributed by atoms with Gasteiger partial charge in [-0.1, -0.05) is 0 Å². The first-order valence-corrected chi connectivity index (χ1v) is 5.53. The molecule has 1 N–H and O–H groups in total. The van der Waals surface area contributed by atoms with E-state index in [2.05, 4.69) is 15.9 Å². The van der Waals surface area contributed by atoms with E-state index < -0.39 is 18.4 Å². The number of halogens is 1. The van der Waals surface area contributed by atoms with Crippen molar-refractivity contribution < 1.29 is 19.4 Å². The van der Waals surface area contributed by atoms with Crippen LogP contribution in [-0.2, 0) is 14.3 Å². The van der Waals surface area contributed by atoms with Crippen molar-refractivity contribution in [1.29, 1.82) is 0 Å². The summed E-state index contributed by atoms with van der Waals surface area (Å²) in [6, 6.07) is 3.73. The third kappa shape index (κ3) is 1.98. The second kappa shape index (κ2) is 3.98. The smallest absolute Gasteiger partial charge is 0.335 e. The van der Waals surface area contributed by atoms with E-state index in [0.29, 0.717) is 0 Å². The van der Waals surface area contributed by atoms with Gasteiger partial charge in [0, 0.05) is 0 Å². The molecule has 1 fully saturated rings. The van der Waals surface area contributed by atoms with Crippen molar-refractivity contribution in [2.45, 2.75) is 12.4 Å². The van der Waals surface area contributed by atoms with Gasteiger partial charge in [0.05, 0.1) is 15.3 Å². The molecule has 1 aromatic rings. The maximum atomic E-state index is 10.6. The van der Waals surface area contributed by atoms with E-state index in [-0.39, 0.29) is 6.61 Å². The summed E-state index contributed by atoms with van der Waals surface area (Å²) in [6.45, 7) is 0.107. The fourth-order valence-electron chi connectivity index (χ4n) is 1.14. The number of carboxylic acids is 1. The average Bonchev–Trinajstić information content (AvgIpc) is 2.70. The molecule has 0 amide bonds. The van der Waals surface area contributed by atoms with Crippen LogP contribution in [0.3, 0.4) is 0 Å². The lowest BCUT2D eigenvalue weighted by atomic mass is 10.4. The number of carbonyl (C=O) groups is 1. The summed E-state index contributed by atoms with van der Waals surface area (Å²) in [5.41, 5.74) is 0. The average molecular weight is 279 g/mol. The minimum absolute atomic E-state index is 0.107. The van der Waals surface area contributed by atoms with Gasteiger partial charge < -0.3 is 14.6 Å². The van der Waals surface area contributed by atoms with Crippen LogP contribution in [0.15, 0.2) is 15.9 Å². The van der Waals surface area contributed by atoms with E-state index in [1.165, 1.54) is 11.3 Å². The molecule has 2 atom stereocenters. The topological polar surface area (TPSA) is 55.8 Å². The molecule has 6 heteroatoms. The largest absolute Gasteiger partial charge is 0.479 e. The second-order valence-electron chi connectivity index (χ2n) is 2.77. The quantitative estimate of drug-likeness (QED) is 0.899. The lowest BCUT2D eigenvalue weighted by molar-refractivity contribution is -0.150. The molecule has 76 valence electrons. The van der Waals surface area contributed by atoms with Crippen molar-refractivity contribution in [1.82, 2.24) is 0 Å². The molecule has 14 heavy (non-hydrogen) atoms. The molecular weight excluding hydrogens is 272 g/mol. The Balaban J connectivity index is 2.05. The molecule has 1 saturated heterocycles. The summed E-state index contributed by atoms with van der Waals surface area (Å²) in [4.78, 5) is 11.4. The van der Waals surface area contributed by atoms with Gasteiger partial charge in [-0.3, -0.25) is 0 Å². The highest BCUT2D eigenvalue weighted by molar-refractivity contribution is 9.11. The van der Waals surface area contributed by atoms with E-state index >= 15 is 0 Å². The SMILES string of the molecule is O=C(O)C1COC(c2ccc(Br)s2)O1. The lowest BCUT2D eigenvalue weighted by Crippen LogP contribution is -2.21. The molecule has 0 bridgehead atoms. The van der Waals surface area contributed by atoms with Crippen molar-refractivity contribution in [2.24, 2.45) is 0 Å². The van der Waals surface area contributed by atoms with Crippen LogP contribution in [-0.4, -0.2) is 23.8 Å². The summed E-state index contributed by atoms with van der Waals surface area (Å²) in [6.07, 6.45) is -1.38. The van der Waals surface area contributed by atoms with Crippen molar-refractivity contribution in [3.8, 4) is 0 Å². The molecule has 0 aliphatic carbocycles. The van der Waals surface area contributed by atoms with Crippen LogP contribution in [0.2, 0.25) is 0 Å². The number of hydrogen-bond acceptors (Lipinski definition) is 4. The van der Waals surface area contributed by atoms with Crippen LogP contribution in [0.4, 0.5) is 0 Å². The summed E-state index contributed by atoms with van der Waals surface area (Å²) in [5, 5.41) is 8.67. The molecule has 0 spiro atoms. The van der Waals surface area contributed by atoms with Crippen molar-refractivity contribution in [2.75, 3.05) is 6.61 Å². The van der Waals surface area contributed by atoms with E-state index in [0.717, 1.165) is 8.66 Å². The minimum atomic E-state index is -0.983. The number of hydrogen-bond donors (Lipinski definition) is 1. The Bertz CT molecular complexity index is 351. The number of thiophene rings is 1. The Morgan fingerprint density at radius 3 is 2.93 bits per heavy atom. The molecule has 2 rings (SSSR count). The Kier molecular flexibility index (Phi) is 2.87. The Labute approximate surface area is 92.6 Å². The fourth-order valence-corrected chi connectivity index (χ4v) is 2.55. The normalized spacial score (nSPS) is 26.6. The van der Waals surface area contributed by atoms with Crippen LogP contribution < -0.4 is 0 Å². The highest BCUT2D eigenvalue weighted by Crippen LogP contribution is 2.33. The first kappa shape index (κ1) is 10.1. The van der Waals surface area contributed by atoms with Gasteiger partial charge in [0.25, 0.3) is 0 Å². The standard InChI is InChI=1S/C8H7BrO4S/c9-6-2-1-5(14-6)8-12-3-4(13-8)7(10)11/h1-2,4,8H,3H2,(H,10,11). The van der Waals surface area contributed by atoms with Crippen LogP contribution in [0.25, 0.3) is 0 Å². The fraction of sp³-hybridized carbons (Fsp3) is 0.375. The molecule has 1 aliphatic rings. The van der Waals surface area contributed by atoms with Crippen molar-refractivity contribution in [3.05, 3.63) is 20.8 Å². The molecule has 2 unspecified atom stereocenters. The molecule has 1 aromatic heterocycles. The highest BCUT2D eigenvalue weighted by atomic mass is 79.9. The Morgan fingerprint density at radius 1 is 1.64 bits per heavy atom. The van der Waals surface area contributed by atoms with E-state index in [1.54, 1.807) is 0 Å². The molecular formula is C8H7BrO4S. The zero-order valence-corrected chi connectivity index (χ0v) is 9.38. The zero-order valence-electron chi connectivity index (χ0n) is 6.97.